The highest BCUT2D eigenvalue weighted by Gasteiger charge is 2.32. The van der Waals surface area contributed by atoms with E-state index in [4.69, 9.17) is 0 Å². The second kappa shape index (κ2) is 8.21. The normalized spacial score (nSPS) is 22.4. The van der Waals surface area contributed by atoms with Crippen LogP contribution in [0.15, 0.2) is 18.2 Å². The molecule has 152 valence electrons. The number of carbonyl (C=O) groups excluding carboxylic acids is 2. The van der Waals surface area contributed by atoms with Crippen LogP contribution in [0.4, 0.5) is 5.69 Å². The molecule has 1 aromatic carbocycles. The summed E-state index contributed by atoms with van der Waals surface area (Å²) in [6.07, 6.45) is 6.00. The molecule has 0 aromatic heterocycles. The lowest BCUT2D eigenvalue weighted by Gasteiger charge is -2.38. The van der Waals surface area contributed by atoms with Gasteiger partial charge in [-0.25, -0.2) is 0 Å². The lowest BCUT2D eigenvalue weighted by molar-refractivity contribution is -0.139. The van der Waals surface area contributed by atoms with E-state index < -0.39 is 6.10 Å². The fourth-order valence-corrected chi connectivity index (χ4v) is 4.99. The van der Waals surface area contributed by atoms with Crippen molar-refractivity contribution in [1.29, 1.82) is 0 Å². The number of hydrogen-bond acceptors (Lipinski definition) is 4. The smallest absolute Gasteiger partial charge is 0.237 e. The summed E-state index contributed by atoms with van der Waals surface area (Å²) in [6, 6.07) is 6.34. The Bertz CT molecular complexity index is 745. The van der Waals surface area contributed by atoms with E-state index in [1.807, 2.05) is 23.1 Å². The molecule has 0 bridgehead atoms. The van der Waals surface area contributed by atoms with Crippen molar-refractivity contribution in [3.05, 3.63) is 29.3 Å². The van der Waals surface area contributed by atoms with Crippen LogP contribution < -0.4 is 4.90 Å². The molecular formula is C22H31N3O3. The van der Waals surface area contributed by atoms with Gasteiger partial charge in [-0.15, -0.1) is 0 Å². The number of amides is 2. The molecule has 1 unspecified atom stereocenters. The maximum absolute atomic E-state index is 12.6. The Morgan fingerprint density at radius 2 is 1.96 bits per heavy atom. The Kier molecular flexibility index (Phi) is 5.69. The van der Waals surface area contributed by atoms with Gasteiger partial charge < -0.3 is 14.9 Å². The van der Waals surface area contributed by atoms with Crippen LogP contribution in [0.2, 0.25) is 0 Å². The zero-order valence-corrected chi connectivity index (χ0v) is 16.8. The van der Waals surface area contributed by atoms with E-state index in [0.29, 0.717) is 19.1 Å². The van der Waals surface area contributed by atoms with Crippen LogP contribution in [0.25, 0.3) is 0 Å². The molecule has 1 N–H and O–H groups in total. The average molecular weight is 386 g/mol. The van der Waals surface area contributed by atoms with Crippen molar-refractivity contribution in [2.75, 3.05) is 37.6 Å². The SMILES string of the molecule is CC(=O)N1CCCc2cc(C(O)CN3CCN(C4CCCC4)C(=O)C3)ccc21. The molecule has 6 nitrogen and oxygen atoms in total. The zero-order chi connectivity index (χ0) is 19.7. The van der Waals surface area contributed by atoms with Gasteiger partial charge in [-0.3, -0.25) is 14.5 Å². The summed E-state index contributed by atoms with van der Waals surface area (Å²) in [7, 11) is 0. The van der Waals surface area contributed by atoms with Gasteiger partial charge in [-0.05, 0) is 42.9 Å². The van der Waals surface area contributed by atoms with E-state index >= 15 is 0 Å². The van der Waals surface area contributed by atoms with E-state index in [9.17, 15) is 14.7 Å². The molecule has 1 saturated heterocycles. The summed E-state index contributed by atoms with van der Waals surface area (Å²) in [6.45, 7) is 4.82. The Morgan fingerprint density at radius 3 is 2.68 bits per heavy atom. The third-order valence-corrected chi connectivity index (χ3v) is 6.52. The van der Waals surface area contributed by atoms with Gasteiger partial charge >= 0.3 is 0 Å². The maximum Gasteiger partial charge on any atom is 0.237 e. The van der Waals surface area contributed by atoms with Crippen LogP contribution in [-0.2, 0) is 16.0 Å². The molecule has 1 aliphatic carbocycles. The number of anilines is 1. The summed E-state index contributed by atoms with van der Waals surface area (Å²) >= 11 is 0. The zero-order valence-electron chi connectivity index (χ0n) is 16.8. The molecule has 0 spiro atoms. The fraction of sp³-hybridized carbons (Fsp3) is 0.636. The first-order valence-corrected chi connectivity index (χ1v) is 10.6. The average Bonchev–Trinajstić information content (AvgIpc) is 3.21. The lowest BCUT2D eigenvalue weighted by atomic mass is 9.97. The first-order valence-electron chi connectivity index (χ1n) is 10.6. The van der Waals surface area contributed by atoms with Crippen LogP contribution in [0, 0.1) is 0 Å². The van der Waals surface area contributed by atoms with Gasteiger partial charge in [0.05, 0.1) is 12.6 Å². The van der Waals surface area contributed by atoms with Crippen molar-refractivity contribution in [3.63, 3.8) is 0 Å². The number of nitrogens with zero attached hydrogens (tertiary/aromatic N) is 3. The predicted octanol–water partition coefficient (Wildman–Crippen LogP) is 2.11. The molecule has 0 radical (unpaired) electrons. The molecule has 1 saturated carbocycles. The number of β-amino-alcohol motifs (C(OH)–C–C–N with tert-alkyl or cyclic N) is 1. The van der Waals surface area contributed by atoms with Crippen molar-refractivity contribution in [2.45, 2.75) is 57.6 Å². The molecular weight excluding hydrogens is 354 g/mol. The minimum atomic E-state index is -0.621. The molecule has 4 rings (SSSR count). The third-order valence-electron chi connectivity index (χ3n) is 6.52. The highest BCUT2D eigenvalue weighted by atomic mass is 16.3. The van der Waals surface area contributed by atoms with Gasteiger partial charge in [0.15, 0.2) is 0 Å². The van der Waals surface area contributed by atoms with Crippen molar-refractivity contribution < 1.29 is 14.7 Å². The molecule has 1 aromatic rings. The maximum atomic E-state index is 12.6. The predicted molar refractivity (Wildman–Crippen MR) is 108 cm³/mol. The Hall–Kier alpha value is -1.92. The molecule has 2 aliphatic heterocycles. The number of aliphatic hydroxyl groups is 1. The second-order valence-corrected chi connectivity index (χ2v) is 8.44. The Labute approximate surface area is 167 Å². The van der Waals surface area contributed by atoms with Gasteiger partial charge in [0.2, 0.25) is 11.8 Å². The highest BCUT2D eigenvalue weighted by Crippen LogP contribution is 2.30. The Balaban J connectivity index is 1.38. The van der Waals surface area contributed by atoms with Crippen molar-refractivity contribution in [1.82, 2.24) is 9.80 Å². The highest BCUT2D eigenvalue weighted by molar-refractivity contribution is 5.92. The number of benzene rings is 1. The molecule has 3 aliphatic rings. The second-order valence-electron chi connectivity index (χ2n) is 8.44. The van der Waals surface area contributed by atoms with Crippen LogP contribution in [0.5, 0.6) is 0 Å². The summed E-state index contributed by atoms with van der Waals surface area (Å²) in [5.74, 6) is 0.265. The molecule has 2 amide bonds. The third kappa shape index (κ3) is 3.94. The molecule has 28 heavy (non-hydrogen) atoms. The minimum absolute atomic E-state index is 0.0629. The molecule has 2 heterocycles. The van der Waals surface area contributed by atoms with Gasteiger partial charge in [0.25, 0.3) is 0 Å². The van der Waals surface area contributed by atoms with Gasteiger partial charge in [-0.2, -0.15) is 0 Å². The minimum Gasteiger partial charge on any atom is -0.387 e. The lowest BCUT2D eigenvalue weighted by Crippen LogP contribution is -2.54. The van der Waals surface area contributed by atoms with Gasteiger partial charge in [0.1, 0.15) is 0 Å². The number of fused-ring (bicyclic) bond motifs is 1. The van der Waals surface area contributed by atoms with E-state index in [1.165, 1.54) is 12.8 Å². The van der Waals surface area contributed by atoms with E-state index in [1.54, 1.807) is 6.92 Å². The van der Waals surface area contributed by atoms with Gasteiger partial charge in [0, 0.05) is 44.8 Å². The summed E-state index contributed by atoms with van der Waals surface area (Å²) < 4.78 is 0. The van der Waals surface area contributed by atoms with Gasteiger partial charge in [-0.1, -0.05) is 25.0 Å². The first kappa shape index (κ1) is 19.4. The number of aryl methyl sites for hydroxylation is 1. The van der Waals surface area contributed by atoms with E-state index in [0.717, 1.165) is 62.1 Å². The van der Waals surface area contributed by atoms with E-state index in [2.05, 4.69) is 9.80 Å². The molecule has 2 fully saturated rings. The van der Waals surface area contributed by atoms with Crippen molar-refractivity contribution in [2.24, 2.45) is 0 Å². The number of aliphatic hydroxyl groups excluding tert-OH is 1. The summed E-state index contributed by atoms with van der Waals surface area (Å²) in [5, 5.41) is 10.8. The van der Waals surface area contributed by atoms with Crippen LogP contribution in [0.1, 0.15) is 56.3 Å². The van der Waals surface area contributed by atoms with Crippen molar-refractivity contribution in [3.8, 4) is 0 Å². The summed E-state index contributed by atoms with van der Waals surface area (Å²) in [5.41, 5.74) is 2.96. The standard InChI is InChI=1S/C22H31N3O3/c1-16(26)24-10-4-5-17-13-18(8-9-20(17)24)21(27)14-23-11-12-25(22(28)15-23)19-6-2-3-7-19/h8-9,13,19,21,27H,2-7,10-12,14-15H2,1H3. The number of rotatable bonds is 4. The summed E-state index contributed by atoms with van der Waals surface area (Å²) in [4.78, 5) is 30.3. The Morgan fingerprint density at radius 1 is 1.18 bits per heavy atom. The fourth-order valence-electron chi connectivity index (χ4n) is 4.99. The van der Waals surface area contributed by atoms with E-state index in [-0.39, 0.29) is 11.8 Å². The van der Waals surface area contributed by atoms with Crippen LogP contribution in [0.3, 0.4) is 0 Å². The number of hydrogen-bond donors (Lipinski definition) is 1. The van der Waals surface area contributed by atoms with Crippen LogP contribution in [-0.4, -0.2) is 65.5 Å². The largest absolute Gasteiger partial charge is 0.387 e. The number of carbonyl (C=O) groups is 2. The monoisotopic (exact) mass is 385 g/mol. The quantitative estimate of drug-likeness (QED) is 0.862. The first-order chi connectivity index (χ1) is 13.5. The van der Waals surface area contributed by atoms with Crippen LogP contribution >= 0.6 is 0 Å². The molecule has 6 heteroatoms. The van der Waals surface area contributed by atoms with Crippen molar-refractivity contribution >= 4 is 17.5 Å². The molecule has 1 atom stereocenters. The number of piperazine rings is 1. The topological polar surface area (TPSA) is 64.1 Å².